The predicted molar refractivity (Wildman–Crippen MR) is 73.2 cm³/mol. The fourth-order valence-electron chi connectivity index (χ4n) is 2.89. The van der Waals surface area contributed by atoms with Crippen LogP contribution in [0.25, 0.3) is 0 Å². The first-order chi connectivity index (χ1) is 9.36. The molecule has 2 aliphatic heterocycles. The summed E-state index contributed by atoms with van der Waals surface area (Å²) in [7, 11) is 0. The average molecular weight is 263 g/mol. The third-order valence-electron chi connectivity index (χ3n) is 4.04. The smallest absolute Gasteiger partial charge is 0.128 e. The molecule has 0 radical (unpaired) electrons. The fraction of sp³-hybridized carbons (Fsp3) is 0.643. The Labute approximate surface area is 113 Å². The molecular weight excluding hydrogens is 242 g/mol. The van der Waals surface area contributed by atoms with Crippen molar-refractivity contribution in [3.05, 3.63) is 23.9 Å². The van der Waals surface area contributed by atoms with Crippen LogP contribution in [0.15, 0.2) is 18.3 Å². The van der Waals surface area contributed by atoms with Crippen LogP contribution in [0.1, 0.15) is 12.0 Å². The van der Waals surface area contributed by atoms with Crippen molar-refractivity contribution in [1.29, 1.82) is 0 Å². The number of aliphatic hydroxyl groups excluding tert-OH is 1. The summed E-state index contributed by atoms with van der Waals surface area (Å²) in [6.45, 7) is 5.99. The number of hydrogen-bond donors (Lipinski definition) is 1. The van der Waals surface area contributed by atoms with Gasteiger partial charge in [-0.2, -0.15) is 0 Å². The Morgan fingerprint density at radius 1 is 1.26 bits per heavy atom. The van der Waals surface area contributed by atoms with Gasteiger partial charge in [0, 0.05) is 38.4 Å². The Balaban J connectivity index is 1.61. The van der Waals surface area contributed by atoms with Crippen LogP contribution in [-0.4, -0.2) is 60.4 Å². The van der Waals surface area contributed by atoms with Crippen molar-refractivity contribution in [2.24, 2.45) is 0 Å². The molecule has 2 saturated heterocycles. The molecule has 104 valence electrons. The van der Waals surface area contributed by atoms with Crippen LogP contribution in [0.4, 0.5) is 5.82 Å². The summed E-state index contributed by atoms with van der Waals surface area (Å²) in [4.78, 5) is 9.30. The van der Waals surface area contributed by atoms with Gasteiger partial charge in [0.05, 0.1) is 19.8 Å². The molecule has 0 amide bonds. The fourth-order valence-corrected chi connectivity index (χ4v) is 2.89. The van der Waals surface area contributed by atoms with E-state index >= 15 is 0 Å². The highest BCUT2D eigenvalue weighted by Crippen LogP contribution is 2.22. The lowest BCUT2D eigenvalue weighted by atomic mass is 10.2. The largest absolute Gasteiger partial charge is 0.392 e. The summed E-state index contributed by atoms with van der Waals surface area (Å²) in [5.41, 5.74) is 0.868. The molecule has 0 saturated carbocycles. The minimum Gasteiger partial charge on any atom is -0.392 e. The van der Waals surface area contributed by atoms with E-state index < -0.39 is 0 Å². The summed E-state index contributed by atoms with van der Waals surface area (Å²) < 4.78 is 5.40. The highest BCUT2D eigenvalue weighted by Gasteiger charge is 2.29. The van der Waals surface area contributed by atoms with E-state index in [1.807, 2.05) is 12.1 Å². The number of ether oxygens (including phenoxy) is 1. The van der Waals surface area contributed by atoms with E-state index in [-0.39, 0.29) is 6.61 Å². The maximum Gasteiger partial charge on any atom is 0.128 e. The summed E-state index contributed by atoms with van der Waals surface area (Å²) in [5.74, 6) is 1.02. The van der Waals surface area contributed by atoms with Crippen molar-refractivity contribution in [2.45, 2.75) is 19.1 Å². The van der Waals surface area contributed by atoms with Gasteiger partial charge in [0.1, 0.15) is 5.82 Å². The van der Waals surface area contributed by atoms with E-state index in [2.05, 4.69) is 14.8 Å². The van der Waals surface area contributed by atoms with Gasteiger partial charge >= 0.3 is 0 Å². The lowest BCUT2D eigenvalue weighted by molar-refractivity contribution is 0.0209. The minimum atomic E-state index is 0.0592. The van der Waals surface area contributed by atoms with Gasteiger partial charge in [0.2, 0.25) is 0 Å². The van der Waals surface area contributed by atoms with Gasteiger partial charge in [0.15, 0.2) is 0 Å². The van der Waals surface area contributed by atoms with Crippen LogP contribution in [-0.2, 0) is 11.3 Å². The molecule has 5 nitrogen and oxygen atoms in total. The number of pyridine rings is 1. The first-order valence-corrected chi connectivity index (χ1v) is 6.99. The van der Waals surface area contributed by atoms with E-state index in [0.29, 0.717) is 6.04 Å². The molecule has 1 N–H and O–H groups in total. The number of morpholine rings is 1. The van der Waals surface area contributed by atoms with E-state index in [9.17, 15) is 0 Å². The van der Waals surface area contributed by atoms with Crippen molar-refractivity contribution in [2.75, 3.05) is 44.3 Å². The van der Waals surface area contributed by atoms with Gasteiger partial charge in [-0.05, 0) is 18.1 Å². The Bertz CT molecular complexity index is 404. The molecule has 1 atom stereocenters. The Kier molecular flexibility index (Phi) is 3.96. The van der Waals surface area contributed by atoms with Crippen LogP contribution in [0.5, 0.6) is 0 Å². The van der Waals surface area contributed by atoms with Crippen LogP contribution >= 0.6 is 0 Å². The van der Waals surface area contributed by atoms with Gasteiger partial charge in [-0.3, -0.25) is 4.90 Å². The first-order valence-electron chi connectivity index (χ1n) is 6.99. The summed E-state index contributed by atoms with van der Waals surface area (Å²) in [6, 6.07) is 4.58. The maximum atomic E-state index is 9.03. The lowest BCUT2D eigenvalue weighted by Gasteiger charge is -2.32. The third-order valence-corrected chi connectivity index (χ3v) is 4.04. The van der Waals surface area contributed by atoms with Gasteiger partial charge in [-0.1, -0.05) is 6.07 Å². The second-order valence-corrected chi connectivity index (χ2v) is 5.22. The number of nitrogens with zero attached hydrogens (tertiary/aromatic N) is 3. The zero-order valence-electron chi connectivity index (χ0n) is 11.2. The van der Waals surface area contributed by atoms with Gasteiger partial charge in [0.25, 0.3) is 0 Å². The second-order valence-electron chi connectivity index (χ2n) is 5.22. The van der Waals surface area contributed by atoms with Crippen LogP contribution in [0.3, 0.4) is 0 Å². The van der Waals surface area contributed by atoms with Crippen molar-refractivity contribution in [3.63, 3.8) is 0 Å². The van der Waals surface area contributed by atoms with Gasteiger partial charge < -0.3 is 14.7 Å². The summed E-state index contributed by atoms with van der Waals surface area (Å²) in [5, 5.41) is 9.03. The molecule has 0 spiro atoms. The number of hydrogen-bond acceptors (Lipinski definition) is 5. The molecule has 3 heterocycles. The molecular formula is C14H21N3O2. The quantitative estimate of drug-likeness (QED) is 0.860. The third kappa shape index (κ3) is 2.88. The number of aliphatic hydroxyl groups is 1. The van der Waals surface area contributed by atoms with Crippen LogP contribution in [0.2, 0.25) is 0 Å². The van der Waals surface area contributed by atoms with E-state index in [1.165, 1.54) is 6.42 Å². The highest BCUT2D eigenvalue weighted by atomic mass is 16.5. The molecule has 1 aromatic rings. The van der Waals surface area contributed by atoms with E-state index in [0.717, 1.165) is 50.8 Å². The molecule has 2 aliphatic rings. The predicted octanol–water partition coefficient (Wildman–Crippen LogP) is 0.485. The molecule has 5 heteroatoms. The topological polar surface area (TPSA) is 48.8 Å². The molecule has 1 unspecified atom stereocenters. The Hall–Kier alpha value is -1.17. The molecule has 0 aliphatic carbocycles. The highest BCUT2D eigenvalue weighted by molar-refractivity contribution is 5.40. The molecule has 1 aromatic heterocycles. The maximum absolute atomic E-state index is 9.03. The standard InChI is InChI=1S/C14H21N3O2/c18-11-12-1-2-14(15-9-12)17-4-3-13(10-17)16-5-7-19-8-6-16/h1-2,9,13,18H,3-8,10-11H2. The SMILES string of the molecule is OCc1ccc(N2CCC(N3CCOCC3)C2)nc1. The van der Waals surface area contributed by atoms with Gasteiger partial charge in [-0.25, -0.2) is 4.98 Å². The first kappa shape index (κ1) is 12.8. The average Bonchev–Trinajstić information content (AvgIpc) is 2.98. The monoisotopic (exact) mass is 263 g/mol. The molecule has 0 aromatic carbocycles. The Morgan fingerprint density at radius 3 is 2.79 bits per heavy atom. The lowest BCUT2D eigenvalue weighted by Crippen LogP contribution is -2.44. The number of anilines is 1. The zero-order valence-corrected chi connectivity index (χ0v) is 11.2. The second kappa shape index (κ2) is 5.86. The molecule has 19 heavy (non-hydrogen) atoms. The van der Waals surface area contributed by atoms with E-state index in [4.69, 9.17) is 9.84 Å². The normalized spacial score (nSPS) is 24.9. The van der Waals surface area contributed by atoms with Crippen molar-refractivity contribution in [1.82, 2.24) is 9.88 Å². The number of rotatable bonds is 3. The zero-order chi connectivity index (χ0) is 13.1. The number of aromatic nitrogens is 1. The summed E-state index contributed by atoms with van der Waals surface area (Å²) >= 11 is 0. The van der Waals surface area contributed by atoms with Gasteiger partial charge in [-0.15, -0.1) is 0 Å². The molecule has 2 fully saturated rings. The Morgan fingerprint density at radius 2 is 2.11 bits per heavy atom. The molecule has 3 rings (SSSR count). The van der Waals surface area contributed by atoms with Crippen molar-refractivity contribution < 1.29 is 9.84 Å². The molecule has 0 bridgehead atoms. The summed E-state index contributed by atoms with van der Waals surface area (Å²) in [6.07, 6.45) is 2.96. The van der Waals surface area contributed by atoms with Crippen molar-refractivity contribution >= 4 is 5.82 Å². The van der Waals surface area contributed by atoms with Crippen molar-refractivity contribution in [3.8, 4) is 0 Å². The van der Waals surface area contributed by atoms with E-state index in [1.54, 1.807) is 6.20 Å². The minimum absolute atomic E-state index is 0.0592. The van der Waals surface area contributed by atoms with Crippen LogP contribution < -0.4 is 4.90 Å². The van der Waals surface area contributed by atoms with Crippen LogP contribution in [0, 0.1) is 0 Å².